The number of nitrogens with two attached hydrogens (primary N) is 1. The Hall–Kier alpha value is -0.930. The number of aliphatic hydroxyl groups is 1. The number of nitrogens with one attached hydrogen (secondary N) is 1. The Balaban J connectivity index is 2.75. The van der Waals surface area contributed by atoms with E-state index in [2.05, 4.69) is 5.32 Å². The first-order chi connectivity index (χ1) is 6.65. The number of para-hydroxylation sites is 1. The van der Waals surface area contributed by atoms with Crippen molar-refractivity contribution in [2.45, 2.75) is 19.4 Å². The summed E-state index contributed by atoms with van der Waals surface area (Å²) in [5.74, 6) is 0. The summed E-state index contributed by atoms with van der Waals surface area (Å²) in [6, 6.07) is 5.54. The molecular weight excluding hydrogens is 200 g/mol. The first kappa shape index (κ1) is 11.1. The molecule has 0 bridgehead atoms. The van der Waals surface area contributed by atoms with Crippen LogP contribution in [-0.2, 0) is 0 Å². The van der Waals surface area contributed by atoms with E-state index >= 15 is 0 Å². The van der Waals surface area contributed by atoms with Crippen LogP contribution in [-0.4, -0.2) is 17.8 Å². The lowest BCUT2D eigenvalue weighted by atomic mass is 10.2. The number of aliphatic hydroxyl groups excluding tert-OH is 1. The summed E-state index contributed by atoms with van der Waals surface area (Å²) >= 11 is 5.97. The minimum atomic E-state index is 0.151. The molecule has 0 aliphatic rings. The average molecular weight is 215 g/mol. The highest BCUT2D eigenvalue weighted by molar-refractivity contribution is 6.33. The summed E-state index contributed by atoms with van der Waals surface area (Å²) in [5, 5.41) is 12.5. The van der Waals surface area contributed by atoms with Crippen molar-refractivity contribution in [1.29, 1.82) is 0 Å². The summed E-state index contributed by atoms with van der Waals surface area (Å²) in [5.41, 5.74) is 7.13. The van der Waals surface area contributed by atoms with E-state index in [1.165, 1.54) is 0 Å². The van der Waals surface area contributed by atoms with E-state index < -0.39 is 0 Å². The van der Waals surface area contributed by atoms with E-state index in [1.54, 1.807) is 18.2 Å². The summed E-state index contributed by atoms with van der Waals surface area (Å²) < 4.78 is 0. The third-order valence-corrected chi connectivity index (χ3v) is 2.31. The van der Waals surface area contributed by atoms with Crippen LogP contribution in [0.3, 0.4) is 0 Å². The Morgan fingerprint density at radius 1 is 1.57 bits per heavy atom. The fourth-order valence-corrected chi connectivity index (χ4v) is 1.44. The molecule has 78 valence electrons. The van der Waals surface area contributed by atoms with Gasteiger partial charge < -0.3 is 16.2 Å². The number of hydrogen-bond acceptors (Lipinski definition) is 3. The normalized spacial score (nSPS) is 12.5. The van der Waals surface area contributed by atoms with Crippen LogP contribution in [0.5, 0.6) is 0 Å². The van der Waals surface area contributed by atoms with Crippen molar-refractivity contribution in [1.82, 2.24) is 0 Å². The average Bonchev–Trinajstić information content (AvgIpc) is 2.12. The van der Waals surface area contributed by atoms with Gasteiger partial charge in [0, 0.05) is 12.6 Å². The first-order valence-corrected chi connectivity index (χ1v) is 4.94. The maximum absolute atomic E-state index is 8.75. The molecule has 0 aliphatic heterocycles. The second kappa shape index (κ2) is 5.08. The van der Waals surface area contributed by atoms with Gasteiger partial charge in [0.15, 0.2) is 0 Å². The van der Waals surface area contributed by atoms with E-state index in [4.69, 9.17) is 22.4 Å². The van der Waals surface area contributed by atoms with Crippen molar-refractivity contribution in [3.63, 3.8) is 0 Å². The quantitative estimate of drug-likeness (QED) is 0.673. The van der Waals surface area contributed by atoms with Gasteiger partial charge in [0.05, 0.1) is 16.4 Å². The Morgan fingerprint density at radius 3 is 2.86 bits per heavy atom. The van der Waals surface area contributed by atoms with E-state index in [-0.39, 0.29) is 12.6 Å². The molecule has 0 aliphatic carbocycles. The molecule has 14 heavy (non-hydrogen) atoms. The van der Waals surface area contributed by atoms with Crippen LogP contribution in [0.1, 0.15) is 13.3 Å². The second-order valence-electron chi connectivity index (χ2n) is 3.26. The topological polar surface area (TPSA) is 58.3 Å². The molecule has 0 radical (unpaired) electrons. The van der Waals surface area contributed by atoms with Crippen molar-refractivity contribution in [2.24, 2.45) is 0 Å². The van der Waals surface area contributed by atoms with Gasteiger partial charge >= 0.3 is 0 Å². The molecule has 1 unspecified atom stereocenters. The third-order valence-electron chi connectivity index (χ3n) is 2.00. The van der Waals surface area contributed by atoms with Crippen LogP contribution in [0.2, 0.25) is 5.02 Å². The molecule has 4 N–H and O–H groups in total. The van der Waals surface area contributed by atoms with Gasteiger partial charge in [-0.3, -0.25) is 0 Å². The lowest BCUT2D eigenvalue weighted by Crippen LogP contribution is -2.17. The molecule has 1 aromatic carbocycles. The zero-order valence-corrected chi connectivity index (χ0v) is 8.88. The van der Waals surface area contributed by atoms with Crippen LogP contribution in [0.15, 0.2) is 18.2 Å². The summed E-state index contributed by atoms with van der Waals surface area (Å²) in [6.07, 6.45) is 0.671. The van der Waals surface area contributed by atoms with Crippen LogP contribution < -0.4 is 11.1 Å². The number of rotatable bonds is 4. The van der Waals surface area contributed by atoms with Gasteiger partial charge in [0.25, 0.3) is 0 Å². The lowest BCUT2D eigenvalue weighted by Gasteiger charge is -2.16. The Kier molecular flexibility index (Phi) is 4.04. The molecule has 1 aromatic rings. The Labute approximate surface area is 88.9 Å². The van der Waals surface area contributed by atoms with Crippen molar-refractivity contribution in [3.05, 3.63) is 23.2 Å². The number of anilines is 2. The fourth-order valence-electron chi connectivity index (χ4n) is 1.21. The smallest absolute Gasteiger partial charge is 0.0765 e. The highest BCUT2D eigenvalue weighted by Crippen LogP contribution is 2.28. The largest absolute Gasteiger partial charge is 0.397 e. The number of hydrogen-bond donors (Lipinski definition) is 3. The van der Waals surface area contributed by atoms with E-state index in [9.17, 15) is 0 Å². The molecular formula is C10H15ClN2O. The van der Waals surface area contributed by atoms with Crippen LogP contribution in [0.25, 0.3) is 0 Å². The van der Waals surface area contributed by atoms with E-state index in [0.717, 1.165) is 5.69 Å². The van der Waals surface area contributed by atoms with Gasteiger partial charge in [0.1, 0.15) is 0 Å². The van der Waals surface area contributed by atoms with E-state index in [0.29, 0.717) is 17.1 Å². The van der Waals surface area contributed by atoms with Gasteiger partial charge in [-0.15, -0.1) is 0 Å². The molecule has 0 saturated carbocycles. The second-order valence-corrected chi connectivity index (χ2v) is 3.67. The molecule has 4 heteroatoms. The SMILES string of the molecule is CC(CCO)Nc1c(N)cccc1Cl. The number of halogens is 1. The molecule has 0 saturated heterocycles. The first-order valence-electron chi connectivity index (χ1n) is 4.56. The summed E-state index contributed by atoms with van der Waals surface area (Å²) in [4.78, 5) is 0. The standard InChI is InChI=1S/C10H15ClN2O/c1-7(5-6-14)13-10-8(11)3-2-4-9(10)12/h2-4,7,13-14H,5-6,12H2,1H3. The summed E-state index contributed by atoms with van der Waals surface area (Å²) in [6.45, 7) is 2.12. The fraction of sp³-hybridized carbons (Fsp3) is 0.400. The molecule has 3 nitrogen and oxygen atoms in total. The molecule has 0 heterocycles. The van der Waals surface area contributed by atoms with Gasteiger partial charge in [-0.1, -0.05) is 17.7 Å². The number of benzene rings is 1. The maximum atomic E-state index is 8.75. The Morgan fingerprint density at radius 2 is 2.29 bits per heavy atom. The number of nitrogen functional groups attached to an aromatic ring is 1. The van der Waals surface area contributed by atoms with Crippen LogP contribution in [0.4, 0.5) is 11.4 Å². The van der Waals surface area contributed by atoms with Gasteiger partial charge in [-0.05, 0) is 25.5 Å². The minimum absolute atomic E-state index is 0.151. The molecule has 1 rings (SSSR count). The van der Waals surface area contributed by atoms with Crippen LogP contribution >= 0.6 is 11.6 Å². The zero-order chi connectivity index (χ0) is 10.6. The van der Waals surface area contributed by atoms with Crippen molar-refractivity contribution in [3.8, 4) is 0 Å². The Bertz CT molecular complexity index is 284. The monoisotopic (exact) mass is 214 g/mol. The maximum Gasteiger partial charge on any atom is 0.0765 e. The lowest BCUT2D eigenvalue weighted by molar-refractivity contribution is 0.282. The zero-order valence-electron chi connectivity index (χ0n) is 8.13. The van der Waals surface area contributed by atoms with Gasteiger partial charge in [0.2, 0.25) is 0 Å². The highest BCUT2D eigenvalue weighted by Gasteiger charge is 2.07. The van der Waals surface area contributed by atoms with Gasteiger partial charge in [-0.2, -0.15) is 0 Å². The van der Waals surface area contributed by atoms with Crippen molar-refractivity contribution < 1.29 is 5.11 Å². The molecule has 1 atom stereocenters. The molecule has 0 fully saturated rings. The molecule has 0 amide bonds. The highest BCUT2D eigenvalue weighted by atomic mass is 35.5. The predicted molar refractivity (Wildman–Crippen MR) is 60.7 cm³/mol. The third kappa shape index (κ3) is 2.79. The van der Waals surface area contributed by atoms with Gasteiger partial charge in [-0.25, -0.2) is 0 Å². The molecule has 0 aromatic heterocycles. The van der Waals surface area contributed by atoms with Crippen molar-refractivity contribution >= 4 is 23.0 Å². The predicted octanol–water partition coefficient (Wildman–Crippen LogP) is 2.10. The van der Waals surface area contributed by atoms with Crippen LogP contribution in [0, 0.1) is 0 Å². The molecule has 0 spiro atoms. The summed E-state index contributed by atoms with van der Waals surface area (Å²) in [7, 11) is 0. The van der Waals surface area contributed by atoms with Crippen molar-refractivity contribution in [2.75, 3.05) is 17.7 Å². The van der Waals surface area contributed by atoms with E-state index in [1.807, 2.05) is 6.92 Å². The minimum Gasteiger partial charge on any atom is -0.397 e.